The lowest BCUT2D eigenvalue weighted by Gasteiger charge is -2.06. The van der Waals surface area contributed by atoms with Crippen LogP contribution in [0.25, 0.3) is 0 Å². The number of nitrogens with zero attached hydrogens (tertiary/aromatic N) is 1. The number of halogens is 1. The van der Waals surface area contributed by atoms with Gasteiger partial charge in [-0.05, 0) is 12.1 Å². The zero-order chi connectivity index (χ0) is 12.5. The fourth-order valence-corrected chi connectivity index (χ4v) is 2.10. The normalized spacial score (nSPS) is 17.5. The van der Waals surface area contributed by atoms with Crippen LogP contribution in [-0.2, 0) is 9.84 Å². The lowest BCUT2D eigenvalue weighted by atomic mass is 10.3. The molecule has 0 fully saturated rings. The summed E-state index contributed by atoms with van der Waals surface area (Å²) < 4.78 is 41.0. The van der Waals surface area contributed by atoms with Crippen LogP contribution in [0.4, 0.5) is 4.39 Å². The first-order chi connectivity index (χ1) is 8.00. The van der Waals surface area contributed by atoms with Crippen molar-refractivity contribution in [3.8, 4) is 5.75 Å². The van der Waals surface area contributed by atoms with Crippen molar-refractivity contribution in [1.29, 1.82) is 0 Å². The zero-order valence-corrected chi connectivity index (χ0v) is 9.45. The molecular weight excluding hydrogens is 247 g/mol. The molecule has 0 unspecified atom stereocenters. The van der Waals surface area contributed by atoms with Crippen molar-refractivity contribution in [1.82, 2.24) is 0 Å². The second kappa shape index (κ2) is 4.17. The van der Waals surface area contributed by atoms with E-state index in [4.69, 9.17) is 10.5 Å². The molecule has 1 aromatic rings. The van der Waals surface area contributed by atoms with Crippen LogP contribution in [0.15, 0.2) is 40.4 Å². The Morgan fingerprint density at radius 1 is 1.41 bits per heavy atom. The zero-order valence-electron chi connectivity index (χ0n) is 8.63. The van der Waals surface area contributed by atoms with Gasteiger partial charge in [0.25, 0.3) is 0 Å². The first kappa shape index (κ1) is 11.6. The third kappa shape index (κ3) is 2.28. The molecule has 0 radical (unpaired) electrons. The fraction of sp³-hybridized carbons (Fsp3) is 0.100. The molecule has 0 atom stereocenters. The Morgan fingerprint density at radius 2 is 2.18 bits per heavy atom. The molecule has 1 aromatic carbocycles. The van der Waals surface area contributed by atoms with Crippen LogP contribution in [0, 0.1) is 5.82 Å². The van der Waals surface area contributed by atoms with Crippen LogP contribution in [0.1, 0.15) is 0 Å². The van der Waals surface area contributed by atoms with E-state index in [0.717, 1.165) is 12.3 Å². The molecule has 17 heavy (non-hydrogen) atoms. The van der Waals surface area contributed by atoms with E-state index in [1.165, 1.54) is 18.2 Å². The van der Waals surface area contributed by atoms with Gasteiger partial charge in [-0.2, -0.15) is 0 Å². The molecule has 5 nitrogen and oxygen atoms in total. The highest BCUT2D eigenvalue weighted by Crippen LogP contribution is 2.18. The Kier molecular flexibility index (Phi) is 2.84. The molecule has 0 amide bonds. The quantitative estimate of drug-likeness (QED) is 0.866. The van der Waals surface area contributed by atoms with E-state index in [1.807, 2.05) is 0 Å². The first-order valence-corrected chi connectivity index (χ1v) is 6.14. The van der Waals surface area contributed by atoms with Gasteiger partial charge < -0.3 is 10.5 Å². The number of ether oxygens (including phenoxy) is 1. The van der Waals surface area contributed by atoms with E-state index in [2.05, 4.69) is 4.99 Å². The Labute approximate surface area is 97.3 Å². The van der Waals surface area contributed by atoms with Crippen LogP contribution in [-0.4, -0.2) is 20.2 Å². The third-order valence-corrected chi connectivity index (χ3v) is 3.70. The molecule has 0 bridgehead atoms. The number of hydrogen-bond donors (Lipinski definition) is 1. The molecule has 0 aliphatic carbocycles. The van der Waals surface area contributed by atoms with E-state index in [0.29, 0.717) is 0 Å². The Balaban J connectivity index is 2.07. The molecule has 7 heteroatoms. The molecular formula is C10H9FN2O3S. The van der Waals surface area contributed by atoms with Gasteiger partial charge in [0.2, 0.25) is 15.0 Å². The average Bonchev–Trinajstić information content (AvgIpc) is 2.52. The number of benzene rings is 1. The summed E-state index contributed by atoms with van der Waals surface area (Å²) in [7, 11) is -3.68. The number of amidine groups is 1. The minimum atomic E-state index is -3.68. The molecule has 2 rings (SSSR count). The minimum absolute atomic E-state index is 0.0424. The monoisotopic (exact) mass is 256 g/mol. The van der Waals surface area contributed by atoms with Crippen LogP contribution < -0.4 is 10.5 Å². The Hall–Kier alpha value is -1.89. The maximum Gasteiger partial charge on any atom is 0.240 e. The van der Waals surface area contributed by atoms with E-state index >= 15 is 0 Å². The molecule has 1 aliphatic heterocycles. The van der Waals surface area contributed by atoms with Crippen molar-refractivity contribution in [2.45, 2.75) is 0 Å². The smallest absolute Gasteiger partial charge is 0.240 e. The van der Waals surface area contributed by atoms with E-state index in [9.17, 15) is 12.8 Å². The maximum absolute atomic E-state index is 12.8. The largest absolute Gasteiger partial charge is 0.488 e. The molecule has 0 saturated carbocycles. The van der Waals surface area contributed by atoms with Gasteiger partial charge in [0.05, 0.1) is 0 Å². The summed E-state index contributed by atoms with van der Waals surface area (Å²) in [5.41, 5.74) is 5.19. The Bertz CT molecular complexity index is 608. The standard InChI is InChI=1S/C10H9FN2O3S/c11-7-2-1-3-8(4-7)16-6-9-5-13-10(12)17(9,14)15/h1-5H,6H2,(H2,12,13). The maximum atomic E-state index is 12.8. The molecule has 0 aromatic heterocycles. The summed E-state index contributed by atoms with van der Waals surface area (Å²) in [6.07, 6.45) is 1.13. The summed E-state index contributed by atoms with van der Waals surface area (Å²) in [6, 6.07) is 5.41. The number of sulfone groups is 1. The average molecular weight is 256 g/mol. The van der Waals surface area contributed by atoms with Crippen LogP contribution in [0.3, 0.4) is 0 Å². The van der Waals surface area contributed by atoms with Crippen molar-refractivity contribution in [2.24, 2.45) is 10.7 Å². The predicted octanol–water partition coefficient (Wildman–Crippen LogP) is 0.789. The molecule has 0 saturated heterocycles. The van der Waals surface area contributed by atoms with Gasteiger partial charge in [0, 0.05) is 12.3 Å². The van der Waals surface area contributed by atoms with Crippen LogP contribution in [0.2, 0.25) is 0 Å². The van der Waals surface area contributed by atoms with Crippen LogP contribution in [0.5, 0.6) is 5.75 Å². The van der Waals surface area contributed by atoms with Crippen LogP contribution >= 0.6 is 0 Å². The topological polar surface area (TPSA) is 81.8 Å². The van der Waals surface area contributed by atoms with Gasteiger partial charge in [-0.3, -0.25) is 0 Å². The molecule has 2 N–H and O–H groups in total. The molecule has 90 valence electrons. The van der Waals surface area contributed by atoms with Crippen molar-refractivity contribution in [3.05, 3.63) is 41.2 Å². The van der Waals surface area contributed by atoms with Gasteiger partial charge in [0.1, 0.15) is 23.1 Å². The highest BCUT2D eigenvalue weighted by Gasteiger charge is 2.27. The number of nitrogens with two attached hydrogens (primary N) is 1. The van der Waals surface area contributed by atoms with E-state index in [-0.39, 0.29) is 17.3 Å². The second-order valence-electron chi connectivity index (χ2n) is 3.31. The van der Waals surface area contributed by atoms with Crippen molar-refractivity contribution >= 4 is 15.0 Å². The fourth-order valence-electron chi connectivity index (χ4n) is 1.23. The Morgan fingerprint density at radius 3 is 2.76 bits per heavy atom. The molecule has 1 heterocycles. The highest BCUT2D eigenvalue weighted by molar-refractivity contribution is 8.09. The van der Waals surface area contributed by atoms with Gasteiger partial charge in [-0.25, -0.2) is 17.8 Å². The summed E-state index contributed by atoms with van der Waals surface area (Å²) in [4.78, 5) is 3.45. The first-order valence-electron chi connectivity index (χ1n) is 4.66. The predicted molar refractivity (Wildman–Crippen MR) is 60.5 cm³/mol. The SMILES string of the molecule is NC1=NC=C(COc2cccc(F)c2)S1(=O)=O. The number of rotatable bonds is 3. The van der Waals surface area contributed by atoms with Crippen molar-refractivity contribution < 1.29 is 17.5 Å². The van der Waals surface area contributed by atoms with Crippen molar-refractivity contribution in [2.75, 3.05) is 6.61 Å². The lowest BCUT2D eigenvalue weighted by molar-refractivity contribution is 0.356. The van der Waals surface area contributed by atoms with Gasteiger partial charge in [-0.15, -0.1) is 0 Å². The molecule has 0 spiro atoms. The van der Waals surface area contributed by atoms with E-state index < -0.39 is 20.8 Å². The molecule has 1 aliphatic rings. The highest BCUT2D eigenvalue weighted by atomic mass is 32.2. The summed E-state index contributed by atoms with van der Waals surface area (Å²) in [6.45, 7) is -0.226. The summed E-state index contributed by atoms with van der Waals surface area (Å²) >= 11 is 0. The van der Waals surface area contributed by atoms with Gasteiger partial charge >= 0.3 is 0 Å². The van der Waals surface area contributed by atoms with E-state index in [1.54, 1.807) is 0 Å². The van der Waals surface area contributed by atoms with Crippen molar-refractivity contribution in [3.63, 3.8) is 0 Å². The van der Waals surface area contributed by atoms with Gasteiger partial charge in [-0.1, -0.05) is 6.07 Å². The summed E-state index contributed by atoms with van der Waals surface area (Å²) in [5.74, 6) is -0.215. The lowest BCUT2D eigenvalue weighted by Crippen LogP contribution is -2.23. The second-order valence-corrected chi connectivity index (χ2v) is 5.26. The number of aliphatic imine (C=N–C) groups is 1. The third-order valence-electron chi connectivity index (χ3n) is 2.13. The number of hydrogen-bond acceptors (Lipinski definition) is 5. The summed E-state index contributed by atoms with van der Waals surface area (Å²) in [5, 5.41) is -0.449. The van der Waals surface area contributed by atoms with Gasteiger partial charge in [0.15, 0.2) is 0 Å². The minimum Gasteiger partial charge on any atom is -0.488 e.